The first-order valence-electron chi connectivity index (χ1n) is 7.19. The number of benzene rings is 1. The van der Waals surface area contributed by atoms with Crippen LogP contribution in [0.1, 0.15) is 23.7 Å². The smallest absolute Gasteiger partial charge is 0.335 e. The Hall–Kier alpha value is -2.08. The van der Waals surface area contributed by atoms with Gasteiger partial charge in [-0.05, 0) is 43.6 Å². The SMILES string of the molecule is CCN1CCC(CNC(=O)Nc2cccc(C(=O)O)c2)C1. The average molecular weight is 291 g/mol. The third kappa shape index (κ3) is 4.46. The van der Waals surface area contributed by atoms with Gasteiger partial charge in [-0.25, -0.2) is 9.59 Å². The molecule has 0 aromatic heterocycles. The summed E-state index contributed by atoms with van der Waals surface area (Å²) in [7, 11) is 0. The van der Waals surface area contributed by atoms with E-state index >= 15 is 0 Å². The zero-order valence-electron chi connectivity index (χ0n) is 12.1. The van der Waals surface area contributed by atoms with Gasteiger partial charge in [-0.2, -0.15) is 0 Å². The molecule has 1 aliphatic heterocycles. The Bertz CT molecular complexity index is 519. The highest BCUT2D eigenvalue weighted by Crippen LogP contribution is 2.15. The quantitative estimate of drug-likeness (QED) is 0.773. The monoisotopic (exact) mass is 291 g/mol. The number of aromatic carboxylic acids is 1. The molecule has 1 unspecified atom stereocenters. The van der Waals surface area contributed by atoms with Gasteiger partial charge in [0.05, 0.1) is 5.56 Å². The van der Waals surface area contributed by atoms with Crippen LogP contribution in [0.15, 0.2) is 24.3 Å². The summed E-state index contributed by atoms with van der Waals surface area (Å²) in [5.74, 6) is -0.522. The third-order valence-corrected chi connectivity index (χ3v) is 3.74. The highest BCUT2D eigenvalue weighted by Gasteiger charge is 2.21. The lowest BCUT2D eigenvalue weighted by atomic mass is 10.1. The Balaban J connectivity index is 1.79. The van der Waals surface area contributed by atoms with Crippen LogP contribution in [-0.4, -0.2) is 48.2 Å². The number of hydrogen-bond donors (Lipinski definition) is 3. The summed E-state index contributed by atoms with van der Waals surface area (Å²) in [5.41, 5.74) is 0.635. The molecule has 0 aliphatic carbocycles. The molecule has 0 saturated carbocycles. The van der Waals surface area contributed by atoms with E-state index in [9.17, 15) is 9.59 Å². The van der Waals surface area contributed by atoms with E-state index in [2.05, 4.69) is 22.5 Å². The van der Waals surface area contributed by atoms with Gasteiger partial charge in [0.15, 0.2) is 0 Å². The maximum Gasteiger partial charge on any atom is 0.335 e. The maximum atomic E-state index is 11.8. The van der Waals surface area contributed by atoms with Gasteiger partial charge in [0, 0.05) is 18.8 Å². The average Bonchev–Trinajstić information content (AvgIpc) is 2.93. The van der Waals surface area contributed by atoms with Gasteiger partial charge >= 0.3 is 12.0 Å². The topological polar surface area (TPSA) is 81.7 Å². The van der Waals surface area contributed by atoms with Crippen molar-refractivity contribution in [3.63, 3.8) is 0 Å². The van der Waals surface area contributed by atoms with Crippen LogP contribution in [0.25, 0.3) is 0 Å². The first-order chi connectivity index (χ1) is 10.1. The summed E-state index contributed by atoms with van der Waals surface area (Å²) in [6, 6.07) is 5.90. The number of carboxylic acid groups (broad SMARTS) is 1. The van der Waals surface area contributed by atoms with Crippen molar-refractivity contribution in [2.75, 3.05) is 31.5 Å². The van der Waals surface area contributed by atoms with Gasteiger partial charge in [0.2, 0.25) is 0 Å². The summed E-state index contributed by atoms with van der Waals surface area (Å²) in [5, 5.41) is 14.4. The minimum Gasteiger partial charge on any atom is -0.478 e. The van der Waals surface area contributed by atoms with Gasteiger partial charge in [-0.1, -0.05) is 13.0 Å². The lowest BCUT2D eigenvalue weighted by Crippen LogP contribution is -2.34. The standard InChI is InChI=1S/C15H21N3O3/c1-2-18-7-6-11(10-18)9-16-15(21)17-13-5-3-4-12(8-13)14(19)20/h3-5,8,11H,2,6-7,9-10H2,1H3,(H,19,20)(H2,16,17,21). The van der Waals surface area contributed by atoms with Crippen molar-refractivity contribution in [2.45, 2.75) is 13.3 Å². The second-order valence-electron chi connectivity index (χ2n) is 5.27. The predicted molar refractivity (Wildman–Crippen MR) is 80.6 cm³/mol. The van der Waals surface area contributed by atoms with Crippen molar-refractivity contribution in [3.8, 4) is 0 Å². The summed E-state index contributed by atoms with van der Waals surface area (Å²) >= 11 is 0. The van der Waals surface area contributed by atoms with Crippen molar-refractivity contribution >= 4 is 17.7 Å². The lowest BCUT2D eigenvalue weighted by Gasteiger charge is -2.14. The number of anilines is 1. The number of likely N-dealkylation sites (tertiary alicyclic amines) is 1. The molecule has 6 nitrogen and oxygen atoms in total. The van der Waals surface area contributed by atoms with E-state index in [0.717, 1.165) is 26.1 Å². The maximum absolute atomic E-state index is 11.8. The molecule has 114 valence electrons. The van der Waals surface area contributed by atoms with Gasteiger partial charge in [-0.3, -0.25) is 0 Å². The fourth-order valence-corrected chi connectivity index (χ4v) is 2.51. The molecule has 1 aromatic carbocycles. The number of nitrogens with one attached hydrogen (secondary N) is 2. The molecule has 1 aliphatic rings. The number of urea groups is 1. The predicted octanol–water partition coefficient (Wildman–Crippen LogP) is 1.85. The Morgan fingerprint density at radius 3 is 2.90 bits per heavy atom. The van der Waals surface area contributed by atoms with E-state index in [4.69, 9.17) is 5.11 Å². The van der Waals surface area contributed by atoms with Gasteiger partial charge < -0.3 is 20.6 Å². The molecular weight excluding hydrogens is 270 g/mol. The van der Waals surface area contributed by atoms with Gasteiger partial charge in [-0.15, -0.1) is 0 Å². The van der Waals surface area contributed by atoms with Crippen LogP contribution in [0.4, 0.5) is 10.5 Å². The molecule has 3 N–H and O–H groups in total. The summed E-state index contributed by atoms with van der Waals surface area (Å²) in [6.45, 7) is 5.93. The molecule has 1 saturated heterocycles. The molecule has 0 bridgehead atoms. The van der Waals surface area contributed by atoms with E-state index in [-0.39, 0.29) is 11.6 Å². The first-order valence-corrected chi connectivity index (χ1v) is 7.19. The van der Waals surface area contributed by atoms with E-state index in [1.165, 1.54) is 12.1 Å². The second kappa shape index (κ2) is 7.08. The zero-order valence-corrected chi connectivity index (χ0v) is 12.1. The Morgan fingerprint density at radius 1 is 1.43 bits per heavy atom. The molecule has 21 heavy (non-hydrogen) atoms. The number of hydrogen-bond acceptors (Lipinski definition) is 3. The summed E-state index contributed by atoms with van der Waals surface area (Å²) in [6.07, 6.45) is 1.10. The Kier molecular flexibility index (Phi) is 5.16. The van der Waals surface area contributed by atoms with Crippen LogP contribution in [0.5, 0.6) is 0 Å². The normalized spacial score (nSPS) is 18.4. The number of amides is 2. The summed E-state index contributed by atoms with van der Waals surface area (Å²) < 4.78 is 0. The fourth-order valence-electron chi connectivity index (χ4n) is 2.51. The molecule has 0 radical (unpaired) electrons. The van der Waals surface area contributed by atoms with Gasteiger partial charge in [0.25, 0.3) is 0 Å². The first kappa shape index (κ1) is 15.3. The van der Waals surface area contributed by atoms with Crippen LogP contribution in [-0.2, 0) is 0 Å². The molecule has 2 rings (SSSR count). The molecule has 1 fully saturated rings. The van der Waals surface area contributed by atoms with E-state index in [1.54, 1.807) is 12.1 Å². The second-order valence-corrected chi connectivity index (χ2v) is 5.27. The number of nitrogens with zero attached hydrogens (tertiary/aromatic N) is 1. The molecule has 1 heterocycles. The fraction of sp³-hybridized carbons (Fsp3) is 0.467. The number of carbonyl (C=O) groups is 2. The van der Waals surface area contributed by atoms with Crippen LogP contribution in [0.2, 0.25) is 0 Å². The molecule has 6 heteroatoms. The van der Waals surface area contributed by atoms with Crippen LogP contribution in [0, 0.1) is 5.92 Å². The van der Waals surface area contributed by atoms with E-state index in [0.29, 0.717) is 18.2 Å². The highest BCUT2D eigenvalue weighted by molar-refractivity contribution is 5.93. The minimum absolute atomic E-state index is 0.155. The zero-order chi connectivity index (χ0) is 15.2. The lowest BCUT2D eigenvalue weighted by molar-refractivity contribution is 0.0697. The van der Waals surface area contributed by atoms with Crippen molar-refractivity contribution in [1.82, 2.24) is 10.2 Å². The third-order valence-electron chi connectivity index (χ3n) is 3.74. The minimum atomic E-state index is -1.01. The van der Waals surface area contributed by atoms with Crippen LogP contribution >= 0.6 is 0 Å². The molecular formula is C15H21N3O3. The number of rotatable bonds is 5. The van der Waals surface area contributed by atoms with Crippen molar-refractivity contribution in [3.05, 3.63) is 29.8 Å². The van der Waals surface area contributed by atoms with Gasteiger partial charge in [0.1, 0.15) is 0 Å². The number of carbonyl (C=O) groups excluding carboxylic acids is 1. The molecule has 2 amide bonds. The van der Waals surface area contributed by atoms with E-state index in [1.807, 2.05) is 0 Å². The van der Waals surface area contributed by atoms with Crippen LogP contribution in [0.3, 0.4) is 0 Å². The summed E-state index contributed by atoms with van der Waals surface area (Å²) in [4.78, 5) is 25.0. The molecule has 1 aromatic rings. The van der Waals surface area contributed by atoms with E-state index < -0.39 is 5.97 Å². The van der Waals surface area contributed by atoms with Crippen molar-refractivity contribution in [1.29, 1.82) is 0 Å². The Morgan fingerprint density at radius 2 is 2.24 bits per heavy atom. The van der Waals surface area contributed by atoms with Crippen LogP contribution < -0.4 is 10.6 Å². The largest absolute Gasteiger partial charge is 0.478 e. The molecule has 1 atom stereocenters. The highest BCUT2D eigenvalue weighted by atomic mass is 16.4. The Labute approximate surface area is 124 Å². The molecule has 0 spiro atoms. The number of carboxylic acids is 1. The van der Waals surface area contributed by atoms with Crippen molar-refractivity contribution in [2.24, 2.45) is 5.92 Å². The van der Waals surface area contributed by atoms with Crippen molar-refractivity contribution < 1.29 is 14.7 Å².